The fourth-order valence-corrected chi connectivity index (χ4v) is 3.72. The summed E-state index contributed by atoms with van der Waals surface area (Å²) in [4.78, 5) is 14.1. The van der Waals surface area contributed by atoms with Crippen molar-refractivity contribution in [3.63, 3.8) is 0 Å². The van der Waals surface area contributed by atoms with Gasteiger partial charge in [-0.25, -0.2) is 9.97 Å². The van der Waals surface area contributed by atoms with Crippen molar-refractivity contribution in [2.24, 2.45) is 5.92 Å². The van der Waals surface area contributed by atoms with Crippen molar-refractivity contribution in [3.05, 3.63) is 47.8 Å². The zero-order chi connectivity index (χ0) is 17.6. The first kappa shape index (κ1) is 17.7. The highest BCUT2D eigenvalue weighted by atomic mass is 15.2. The van der Waals surface area contributed by atoms with E-state index in [0.717, 1.165) is 49.6 Å². The van der Waals surface area contributed by atoms with Gasteiger partial charge in [0.25, 0.3) is 0 Å². The number of hydrogen-bond donors (Lipinski definition) is 0. The lowest BCUT2D eigenvalue weighted by molar-refractivity contribution is 0.402. The van der Waals surface area contributed by atoms with E-state index in [0.29, 0.717) is 0 Å². The van der Waals surface area contributed by atoms with Gasteiger partial charge in [-0.1, -0.05) is 30.3 Å². The van der Waals surface area contributed by atoms with Crippen LogP contribution in [-0.2, 0) is 6.42 Å². The third-order valence-corrected chi connectivity index (χ3v) is 5.20. The molecule has 134 valence electrons. The number of aromatic nitrogens is 2. The molecule has 0 amide bonds. The number of piperidine rings is 1. The van der Waals surface area contributed by atoms with Gasteiger partial charge in [0.05, 0.1) is 0 Å². The summed E-state index contributed by atoms with van der Waals surface area (Å²) in [6.07, 6.45) is 3.67. The van der Waals surface area contributed by atoms with E-state index in [1.54, 1.807) is 0 Å². The van der Waals surface area contributed by atoms with E-state index < -0.39 is 0 Å². The average Bonchev–Trinajstić information content (AvgIpc) is 2.64. The summed E-state index contributed by atoms with van der Waals surface area (Å²) in [6.45, 7) is 10.5. The Bertz CT molecular complexity index is 659. The van der Waals surface area contributed by atoms with E-state index in [9.17, 15) is 0 Å². The zero-order valence-electron chi connectivity index (χ0n) is 15.8. The van der Waals surface area contributed by atoms with Crippen LogP contribution in [0.4, 0.5) is 11.6 Å². The summed E-state index contributed by atoms with van der Waals surface area (Å²) < 4.78 is 0. The van der Waals surface area contributed by atoms with Crippen LogP contribution in [0.5, 0.6) is 0 Å². The Labute approximate surface area is 151 Å². The third-order valence-electron chi connectivity index (χ3n) is 5.20. The van der Waals surface area contributed by atoms with Crippen LogP contribution in [0.2, 0.25) is 0 Å². The Hall–Kier alpha value is -2.10. The van der Waals surface area contributed by atoms with Crippen molar-refractivity contribution in [3.8, 4) is 0 Å². The smallest absolute Gasteiger partial charge is 0.134 e. The predicted molar refractivity (Wildman–Crippen MR) is 105 cm³/mol. The number of hydrogen-bond acceptors (Lipinski definition) is 4. The van der Waals surface area contributed by atoms with E-state index >= 15 is 0 Å². The van der Waals surface area contributed by atoms with Crippen LogP contribution in [-0.4, -0.2) is 36.1 Å². The van der Waals surface area contributed by atoms with Crippen molar-refractivity contribution in [1.29, 1.82) is 0 Å². The molecule has 0 N–H and O–H groups in total. The molecule has 25 heavy (non-hydrogen) atoms. The molecule has 3 rings (SSSR count). The van der Waals surface area contributed by atoms with Crippen LogP contribution < -0.4 is 9.80 Å². The minimum Gasteiger partial charge on any atom is -0.357 e. The predicted octanol–water partition coefficient (Wildman–Crippen LogP) is 4.09. The highest BCUT2D eigenvalue weighted by molar-refractivity contribution is 5.51. The fourth-order valence-electron chi connectivity index (χ4n) is 3.72. The minimum atomic E-state index is 0.781. The van der Waals surface area contributed by atoms with Gasteiger partial charge in [0, 0.05) is 32.2 Å². The van der Waals surface area contributed by atoms with Crippen molar-refractivity contribution in [1.82, 2.24) is 9.97 Å². The second-order valence-electron chi connectivity index (χ2n) is 6.92. The highest BCUT2D eigenvalue weighted by Gasteiger charge is 2.21. The molecule has 1 fully saturated rings. The molecule has 1 aliphatic heterocycles. The van der Waals surface area contributed by atoms with Crippen molar-refractivity contribution in [2.75, 3.05) is 36.0 Å². The summed E-state index contributed by atoms with van der Waals surface area (Å²) >= 11 is 0. The molecule has 0 unspecified atom stereocenters. The molecule has 0 spiro atoms. The van der Waals surface area contributed by atoms with Crippen LogP contribution >= 0.6 is 0 Å². The minimum absolute atomic E-state index is 0.781. The molecule has 1 saturated heterocycles. The van der Waals surface area contributed by atoms with Gasteiger partial charge in [-0.15, -0.1) is 0 Å². The topological polar surface area (TPSA) is 32.3 Å². The molecule has 4 nitrogen and oxygen atoms in total. The van der Waals surface area contributed by atoms with Crippen LogP contribution in [0, 0.1) is 12.8 Å². The Morgan fingerprint density at radius 1 is 1.04 bits per heavy atom. The molecule has 0 saturated carbocycles. The first-order valence-electron chi connectivity index (χ1n) is 9.59. The largest absolute Gasteiger partial charge is 0.357 e. The third kappa shape index (κ3) is 4.50. The lowest BCUT2D eigenvalue weighted by atomic mass is 9.90. The summed E-state index contributed by atoms with van der Waals surface area (Å²) in [6, 6.07) is 13.0. The van der Waals surface area contributed by atoms with Gasteiger partial charge in [0.15, 0.2) is 0 Å². The van der Waals surface area contributed by atoms with Crippen molar-refractivity contribution >= 4 is 11.6 Å². The van der Waals surface area contributed by atoms with Crippen LogP contribution in [0.1, 0.15) is 38.1 Å². The highest BCUT2D eigenvalue weighted by Crippen LogP contribution is 2.26. The maximum absolute atomic E-state index is 4.71. The van der Waals surface area contributed by atoms with Gasteiger partial charge in [0.2, 0.25) is 0 Å². The van der Waals surface area contributed by atoms with E-state index in [2.05, 4.69) is 65.0 Å². The molecule has 1 aromatic heterocycles. The Morgan fingerprint density at radius 3 is 2.36 bits per heavy atom. The van der Waals surface area contributed by atoms with Crippen molar-refractivity contribution < 1.29 is 0 Å². The summed E-state index contributed by atoms with van der Waals surface area (Å²) in [7, 11) is 0. The first-order valence-corrected chi connectivity index (χ1v) is 9.59. The molecular formula is C21H30N4. The molecule has 1 aromatic carbocycles. The molecule has 0 atom stereocenters. The monoisotopic (exact) mass is 338 g/mol. The zero-order valence-corrected chi connectivity index (χ0v) is 15.8. The van der Waals surface area contributed by atoms with E-state index in [4.69, 9.17) is 4.98 Å². The first-order chi connectivity index (χ1) is 12.2. The van der Waals surface area contributed by atoms with Gasteiger partial charge >= 0.3 is 0 Å². The van der Waals surface area contributed by atoms with Gasteiger partial charge in [-0.3, -0.25) is 0 Å². The maximum Gasteiger partial charge on any atom is 0.134 e. The molecular weight excluding hydrogens is 308 g/mol. The lowest BCUT2D eigenvalue weighted by Gasteiger charge is -2.33. The molecule has 0 aliphatic carbocycles. The Morgan fingerprint density at radius 2 is 1.72 bits per heavy atom. The quantitative estimate of drug-likeness (QED) is 0.794. The molecule has 2 aromatic rings. The van der Waals surface area contributed by atoms with Gasteiger partial charge in [-0.05, 0) is 51.5 Å². The van der Waals surface area contributed by atoms with Crippen LogP contribution in [0.3, 0.4) is 0 Å². The molecule has 4 heteroatoms. The lowest BCUT2D eigenvalue weighted by Crippen LogP contribution is -2.35. The molecule has 1 aliphatic rings. The van der Waals surface area contributed by atoms with Gasteiger partial charge in [-0.2, -0.15) is 0 Å². The van der Waals surface area contributed by atoms with Gasteiger partial charge in [0.1, 0.15) is 17.5 Å². The summed E-state index contributed by atoms with van der Waals surface area (Å²) in [5, 5.41) is 0. The number of aryl methyl sites for hydroxylation is 1. The maximum atomic E-state index is 4.71. The SMILES string of the molecule is CCN(CC)c1cc(N2CCC(Cc3ccccc3)CC2)nc(C)n1. The number of rotatable bonds is 6. The summed E-state index contributed by atoms with van der Waals surface area (Å²) in [5.41, 5.74) is 1.46. The summed E-state index contributed by atoms with van der Waals surface area (Å²) in [5.74, 6) is 3.79. The molecule has 2 heterocycles. The Balaban J connectivity index is 1.64. The Kier molecular flexibility index (Phi) is 5.90. The number of nitrogens with zero attached hydrogens (tertiary/aromatic N) is 4. The van der Waals surface area contributed by atoms with Crippen LogP contribution in [0.15, 0.2) is 36.4 Å². The number of benzene rings is 1. The number of anilines is 2. The van der Waals surface area contributed by atoms with Gasteiger partial charge < -0.3 is 9.80 Å². The van der Waals surface area contributed by atoms with E-state index in [1.807, 2.05) is 6.92 Å². The van der Waals surface area contributed by atoms with Crippen LogP contribution in [0.25, 0.3) is 0 Å². The van der Waals surface area contributed by atoms with Crippen molar-refractivity contribution in [2.45, 2.75) is 40.0 Å². The second-order valence-corrected chi connectivity index (χ2v) is 6.92. The average molecular weight is 338 g/mol. The van der Waals surface area contributed by atoms with E-state index in [1.165, 1.54) is 24.8 Å². The molecule has 0 radical (unpaired) electrons. The van der Waals surface area contributed by atoms with E-state index in [-0.39, 0.29) is 0 Å². The normalized spacial score (nSPS) is 15.4. The fraction of sp³-hybridized carbons (Fsp3) is 0.524. The standard InChI is InChI=1S/C21H30N4/c1-4-24(5-2)20-16-21(23-17(3)22-20)25-13-11-19(12-14-25)15-18-9-7-6-8-10-18/h6-10,16,19H,4-5,11-15H2,1-3H3. The molecule has 0 bridgehead atoms. The second kappa shape index (κ2) is 8.32.